The van der Waals surface area contributed by atoms with Crippen LogP contribution in [0.3, 0.4) is 0 Å². The van der Waals surface area contributed by atoms with Gasteiger partial charge in [-0.3, -0.25) is 9.52 Å². The summed E-state index contributed by atoms with van der Waals surface area (Å²) in [6, 6.07) is 16.1. The third kappa shape index (κ3) is 6.73. The molecular weight excluding hydrogens is 602 g/mol. The fourth-order valence-corrected chi connectivity index (χ4v) is 6.97. The molecule has 0 spiro atoms. The Labute approximate surface area is 252 Å². The van der Waals surface area contributed by atoms with Gasteiger partial charge in [-0.15, -0.1) is 0 Å². The van der Waals surface area contributed by atoms with Crippen LogP contribution >= 0.6 is 11.6 Å². The average molecular weight is 636 g/mol. The van der Waals surface area contributed by atoms with Crippen LogP contribution in [-0.4, -0.2) is 75.9 Å². The standard InChI is InChI=1S/C29H34ClN3O7S2/c1-19-8-12-23(13-9-19)41(36,37)31-26-7-5-6-25-28(26)40-27(20(2)16-33(29(25)35)21(3)18-34)17-32(4)42(38,39)24-14-10-22(30)11-15-24/h5-15,20-21,27,31,34H,16-18H2,1-4H3/t20-,21+,27+/m0/s1. The third-order valence-corrected chi connectivity index (χ3v) is 10.7. The van der Waals surface area contributed by atoms with Crippen LogP contribution < -0.4 is 9.46 Å². The van der Waals surface area contributed by atoms with Gasteiger partial charge in [-0.25, -0.2) is 16.8 Å². The molecule has 0 unspecified atom stereocenters. The lowest BCUT2D eigenvalue weighted by Crippen LogP contribution is -2.50. The number of anilines is 1. The van der Waals surface area contributed by atoms with Crippen molar-refractivity contribution in [3.8, 4) is 5.75 Å². The second-order valence-electron chi connectivity index (χ2n) is 10.5. The number of hydrogen-bond acceptors (Lipinski definition) is 7. The monoisotopic (exact) mass is 635 g/mol. The number of carbonyl (C=O) groups is 1. The molecule has 0 saturated carbocycles. The normalized spacial score (nSPS) is 18.5. The molecule has 1 heterocycles. The summed E-state index contributed by atoms with van der Waals surface area (Å²) in [4.78, 5) is 15.3. The molecule has 1 amide bonds. The van der Waals surface area contributed by atoms with Crippen LogP contribution in [0.4, 0.5) is 5.69 Å². The molecule has 2 N–H and O–H groups in total. The fourth-order valence-electron chi connectivity index (χ4n) is 4.60. The molecule has 0 saturated heterocycles. The molecular formula is C29H34ClN3O7S2. The Morgan fingerprint density at radius 2 is 1.67 bits per heavy atom. The zero-order valence-corrected chi connectivity index (χ0v) is 26.1. The molecule has 3 aromatic rings. The van der Waals surface area contributed by atoms with E-state index in [1.807, 2.05) is 13.8 Å². The minimum Gasteiger partial charge on any atom is -0.486 e. The molecule has 1 aliphatic rings. The van der Waals surface area contributed by atoms with Gasteiger partial charge in [0.1, 0.15) is 6.10 Å². The summed E-state index contributed by atoms with van der Waals surface area (Å²) >= 11 is 5.94. The van der Waals surface area contributed by atoms with E-state index in [9.17, 15) is 26.7 Å². The molecule has 0 fully saturated rings. The highest BCUT2D eigenvalue weighted by Gasteiger charge is 2.36. The Kier molecular flexibility index (Phi) is 9.53. The minimum absolute atomic E-state index is 0.0251. The van der Waals surface area contributed by atoms with E-state index >= 15 is 0 Å². The van der Waals surface area contributed by atoms with Crippen LogP contribution in [0, 0.1) is 12.8 Å². The van der Waals surface area contributed by atoms with Gasteiger partial charge in [0, 0.05) is 24.5 Å². The second-order valence-corrected chi connectivity index (χ2v) is 14.6. The lowest BCUT2D eigenvalue weighted by atomic mass is 9.99. The number of aliphatic hydroxyl groups excluding tert-OH is 1. The number of hydrogen-bond donors (Lipinski definition) is 2. The first kappa shape index (κ1) is 31.8. The van der Waals surface area contributed by atoms with Gasteiger partial charge in [-0.05, 0) is 62.4 Å². The number of aliphatic hydroxyl groups is 1. The van der Waals surface area contributed by atoms with Crippen LogP contribution in [0.25, 0.3) is 0 Å². The van der Waals surface area contributed by atoms with Gasteiger partial charge >= 0.3 is 0 Å². The molecule has 0 aliphatic carbocycles. The van der Waals surface area contributed by atoms with Crippen molar-refractivity contribution in [1.29, 1.82) is 0 Å². The number of amides is 1. The van der Waals surface area contributed by atoms with Crippen molar-refractivity contribution in [1.82, 2.24) is 9.21 Å². The van der Waals surface area contributed by atoms with Gasteiger partial charge in [0.2, 0.25) is 10.0 Å². The van der Waals surface area contributed by atoms with Crippen LogP contribution in [0.5, 0.6) is 5.75 Å². The van der Waals surface area contributed by atoms with Crippen molar-refractivity contribution in [3.05, 3.63) is 82.9 Å². The molecule has 0 aromatic heterocycles. The number of nitrogens with zero attached hydrogens (tertiary/aromatic N) is 2. The number of likely N-dealkylation sites (N-methyl/N-ethyl adjacent to an activating group) is 1. The van der Waals surface area contributed by atoms with Crippen molar-refractivity contribution in [2.75, 3.05) is 31.5 Å². The highest BCUT2D eigenvalue weighted by Crippen LogP contribution is 2.36. The molecule has 0 radical (unpaired) electrons. The summed E-state index contributed by atoms with van der Waals surface area (Å²) in [5.74, 6) is -0.890. The van der Waals surface area contributed by atoms with Crippen molar-refractivity contribution in [2.24, 2.45) is 5.92 Å². The first-order valence-electron chi connectivity index (χ1n) is 13.3. The average Bonchev–Trinajstić information content (AvgIpc) is 2.95. The number of nitrogens with one attached hydrogen (secondary N) is 1. The van der Waals surface area contributed by atoms with E-state index in [1.54, 1.807) is 19.1 Å². The van der Waals surface area contributed by atoms with Crippen molar-refractivity contribution in [2.45, 2.75) is 42.7 Å². The SMILES string of the molecule is Cc1ccc(S(=O)(=O)Nc2cccc3c2O[C@H](CN(C)S(=O)(=O)c2ccc(Cl)cc2)[C@@H](C)CN([C@H](C)CO)C3=O)cc1. The highest BCUT2D eigenvalue weighted by atomic mass is 35.5. The predicted molar refractivity (Wildman–Crippen MR) is 161 cm³/mol. The first-order valence-corrected chi connectivity index (χ1v) is 16.6. The maximum Gasteiger partial charge on any atom is 0.262 e. The van der Waals surface area contributed by atoms with Gasteiger partial charge in [0.05, 0.1) is 40.2 Å². The molecule has 4 rings (SSSR count). The van der Waals surface area contributed by atoms with Crippen molar-refractivity contribution >= 4 is 43.2 Å². The minimum atomic E-state index is -4.07. The maximum absolute atomic E-state index is 13.7. The topological polar surface area (TPSA) is 133 Å². The van der Waals surface area contributed by atoms with Crippen LogP contribution in [-0.2, 0) is 20.0 Å². The van der Waals surface area contributed by atoms with Gasteiger partial charge in [-0.2, -0.15) is 4.31 Å². The molecule has 226 valence electrons. The van der Waals surface area contributed by atoms with Crippen LogP contribution in [0.1, 0.15) is 29.8 Å². The Morgan fingerprint density at radius 3 is 2.29 bits per heavy atom. The zero-order chi connectivity index (χ0) is 30.8. The summed E-state index contributed by atoms with van der Waals surface area (Å²) in [6.45, 7) is 5.10. The van der Waals surface area contributed by atoms with Crippen molar-refractivity contribution in [3.63, 3.8) is 0 Å². The summed E-state index contributed by atoms with van der Waals surface area (Å²) < 4.78 is 63.4. The van der Waals surface area contributed by atoms with E-state index < -0.39 is 44.0 Å². The van der Waals surface area contributed by atoms with E-state index in [4.69, 9.17) is 16.3 Å². The predicted octanol–water partition coefficient (Wildman–Crippen LogP) is 3.99. The Hall–Kier alpha value is -3.16. The summed E-state index contributed by atoms with van der Waals surface area (Å²) in [7, 11) is -6.58. The first-order chi connectivity index (χ1) is 19.7. The number of aryl methyl sites for hydroxylation is 1. The molecule has 1 aliphatic heterocycles. The molecule has 13 heteroatoms. The Bertz CT molecular complexity index is 1650. The lowest BCUT2D eigenvalue weighted by molar-refractivity contribution is 0.0389. The third-order valence-electron chi connectivity index (χ3n) is 7.23. The summed E-state index contributed by atoms with van der Waals surface area (Å²) in [5.41, 5.74) is 1.00. The number of benzene rings is 3. The Morgan fingerprint density at radius 1 is 1.05 bits per heavy atom. The number of sulfonamides is 2. The quantitative estimate of drug-likeness (QED) is 0.363. The van der Waals surface area contributed by atoms with E-state index in [0.29, 0.717) is 5.02 Å². The zero-order valence-electron chi connectivity index (χ0n) is 23.7. The second kappa shape index (κ2) is 12.6. The Balaban J connectivity index is 1.76. The van der Waals surface area contributed by atoms with Gasteiger partial charge in [-0.1, -0.05) is 42.3 Å². The maximum atomic E-state index is 13.7. The van der Waals surface area contributed by atoms with Crippen LogP contribution in [0.15, 0.2) is 76.5 Å². The molecule has 3 atom stereocenters. The fraction of sp³-hybridized carbons (Fsp3) is 0.345. The molecule has 0 bridgehead atoms. The summed E-state index contributed by atoms with van der Waals surface area (Å²) in [6.07, 6.45) is -0.803. The number of ether oxygens (including phenoxy) is 1. The van der Waals surface area contributed by atoms with E-state index in [0.717, 1.165) is 9.87 Å². The van der Waals surface area contributed by atoms with E-state index in [-0.39, 0.29) is 46.5 Å². The van der Waals surface area contributed by atoms with E-state index in [1.165, 1.54) is 66.5 Å². The lowest BCUT2D eigenvalue weighted by Gasteiger charge is -2.38. The number of fused-ring (bicyclic) bond motifs is 1. The number of para-hydroxylation sites is 1. The number of halogens is 1. The highest BCUT2D eigenvalue weighted by molar-refractivity contribution is 7.92. The van der Waals surface area contributed by atoms with E-state index in [2.05, 4.69) is 4.72 Å². The number of carbonyl (C=O) groups excluding carboxylic acids is 1. The molecule has 10 nitrogen and oxygen atoms in total. The molecule has 3 aromatic carbocycles. The number of rotatable bonds is 9. The molecule has 42 heavy (non-hydrogen) atoms. The van der Waals surface area contributed by atoms with Gasteiger partial charge < -0.3 is 14.7 Å². The summed E-state index contributed by atoms with van der Waals surface area (Å²) in [5, 5.41) is 10.3. The van der Waals surface area contributed by atoms with Gasteiger partial charge in [0.25, 0.3) is 15.9 Å². The van der Waals surface area contributed by atoms with Crippen LogP contribution in [0.2, 0.25) is 5.02 Å². The smallest absolute Gasteiger partial charge is 0.262 e. The van der Waals surface area contributed by atoms with Crippen molar-refractivity contribution < 1.29 is 31.5 Å². The van der Waals surface area contributed by atoms with Gasteiger partial charge in [0.15, 0.2) is 5.75 Å². The largest absolute Gasteiger partial charge is 0.486 e.